The third kappa shape index (κ3) is 2.51. The predicted octanol–water partition coefficient (Wildman–Crippen LogP) is 0.905. The molecule has 2 aliphatic rings. The summed E-state index contributed by atoms with van der Waals surface area (Å²) in [6.07, 6.45) is 2.65. The Kier molecular flexibility index (Phi) is 3.29. The number of hydrogen-bond donors (Lipinski definition) is 3. The van der Waals surface area contributed by atoms with Gasteiger partial charge in [-0.15, -0.1) is 0 Å². The third-order valence-electron chi connectivity index (χ3n) is 4.29. The Hall–Kier alpha value is -1.39. The molecule has 0 radical (unpaired) electrons. The molecule has 1 aromatic carbocycles. The largest absolute Gasteiger partial charge is 0.388 e. The van der Waals surface area contributed by atoms with E-state index in [9.17, 15) is 9.90 Å². The number of nitrogens with one attached hydrogen (secondary N) is 2. The Bertz CT molecular complexity index is 483. The zero-order valence-corrected chi connectivity index (χ0v) is 11.0. The van der Waals surface area contributed by atoms with Crippen LogP contribution < -0.4 is 10.6 Å². The SMILES string of the molecule is O=C(NCC1(O)CCC1)C1CNCc2ccccc21. The molecule has 0 aromatic heterocycles. The van der Waals surface area contributed by atoms with E-state index in [0.717, 1.165) is 31.4 Å². The summed E-state index contributed by atoms with van der Waals surface area (Å²) in [5.74, 6) is -0.131. The fourth-order valence-electron chi connectivity index (χ4n) is 2.87. The maximum atomic E-state index is 12.3. The minimum Gasteiger partial charge on any atom is -0.388 e. The van der Waals surface area contributed by atoms with Gasteiger partial charge in [-0.05, 0) is 30.4 Å². The highest BCUT2D eigenvalue weighted by atomic mass is 16.3. The minimum absolute atomic E-state index is 0.0139. The Balaban J connectivity index is 1.67. The van der Waals surface area contributed by atoms with Crippen molar-refractivity contribution in [3.8, 4) is 0 Å². The fourth-order valence-corrected chi connectivity index (χ4v) is 2.87. The molecule has 4 nitrogen and oxygen atoms in total. The van der Waals surface area contributed by atoms with Crippen molar-refractivity contribution in [3.05, 3.63) is 35.4 Å². The molecule has 0 saturated heterocycles. The van der Waals surface area contributed by atoms with E-state index in [1.54, 1.807) is 0 Å². The van der Waals surface area contributed by atoms with E-state index < -0.39 is 5.60 Å². The lowest BCUT2D eigenvalue weighted by molar-refractivity contribution is -0.125. The monoisotopic (exact) mass is 260 g/mol. The van der Waals surface area contributed by atoms with Crippen LogP contribution in [-0.2, 0) is 11.3 Å². The van der Waals surface area contributed by atoms with Gasteiger partial charge in [-0.3, -0.25) is 4.79 Å². The van der Waals surface area contributed by atoms with Crippen molar-refractivity contribution in [3.63, 3.8) is 0 Å². The van der Waals surface area contributed by atoms with Crippen LogP contribution >= 0.6 is 0 Å². The molecule has 1 heterocycles. The van der Waals surface area contributed by atoms with Crippen molar-refractivity contribution < 1.29 is 9.90 Å². The molecule has 19 heavy (non-hydrogen) atoms. The Morgan fingerprint density at radius 1 is 1.42 bits per heavy atom. The van der Waals surface area contributed by atoms with Crippen molar-refractivity contribution in [1.82, 2.24) is 10.6 Å². The summed E-state index contributed by atoms with van der Waals surface area (Å²) < 4.78 is 0. The van der Waals surface area contributed by atoms with Gasteiger partial charge in [-0.1, -0.05) is 24.3 Å². The number of aliphatic hydroxyl groups is 1. The van der Waals surface area contributed by atoms with Crippen LogP contribution in [0.1, 0.15) is 36.3 Å². The van der Waals surface area contributed by atoms with Gasteiger partial charge in [-0.2, -0.15) is 0 Å². The van der Waals surface area contributed by atoms with Crippen LogP contribution in [0.4, 0.5) is 0 Å². The highest BCUT2D eigenvalue weighted by molar-refractivity contribution is 5.84. The summed E-state index contributed by atoms with van der Waals surface area (Å²) in [6.45, 7) is 1.87. The maximum absolute atomic E-state index is 12.3. The molecular formula is C15H20N2O2. The lowest BCUT2D eigenvalue weighted by Crippen LogP contribution is -2.49. The molecule has 1 unspecified atom stereocenters. The van der Waals surface area contributed by atoms with Gasteiger partial charge in [0.1, 0.15) is 0 Å². The zero-order valence-electron chi connectivity index (χ0n) is 11.0. The van der Waals surface area contributed by atoms with Crippen molar-refractivity contribution in [2.75, 3.05) is 13.1 Å². The average molecular weight is 260 g/mol. The molecule has 1 aromatic rings. The van der Waals surface area contributed by atoms with Crippen molar-refractivity contribution in [2.45, 2.75) is 37.3 Å². The first kappa shape index (κ1) is 12.6. The molecule has 3 rings (SSSR count). The molecular weight excluding hydrogens is 240 g/mol. The summed E-state index contributed by atoms with van der Waals surface area (Å²) in [4.78, 5) is 12.3. The van der Waals surface area contributed by atoms with Gasteiger partial charge in [0.15, 0.2) is 0 Å². The number of carbonyl (C=O) groups is 1. The zero-order chi connectivity index (χ0) is 13.3. The Morgan fingerprint density at radius 2 is 2.21 bits per heavy atom. The summed E-state index contributed by atoms with van der Waals surface area (Å²) >= 11 is 0. The van der Waals surface area contributed by atoms with Gasteiger partial charge in [0.05, 0.1) is 11.5 Å². The van der Waals surface area contributed by atoms with E-state index in [-0.39, 0.29) is 11.8 Å². The maximum Gasteiger partial charge on any atom is 0.228 e. The van der Waals surface area contributed by atoms with E-state index in [4.69, 9.17) is 0 Å². The molecule has 0 spiro atoms. The summed E-state index contributed by atoms with van der Waals surface area (Å²) in [6, 6.07) is 8.06. The smallest absolute Gasteiger partial charge is 0.228 e. The lowest BCUT2D eigenvalue weighted by Gasteiger charge is -2.37. The van der Waals surface area contributed by atoms with Gasteiger partial charge < -0.3 is 15.7 Å². The van der Waals surface area contributed by atoms with Crippen molar-refractivity contribution >= 4 is 5.91 Å². The van der Waals surface area contributed by atoms with Crippen molar-refractivity contribution in [2.24, 2.45) is 0 Å². The first-order valence-corrected chi connectivity index (χ1v) is 6.97. The topological polar surface area (TPSA) is 61.4 Å². The number of rotatable bonds is 3. The normalized spacial score (nSPS) is 24.2. The van der Waals surface area contributed by atoms with Crippen LogP contribution in [0.5, 0.6) is 0 Å². The second kappa shape index (κ2) is 4.94. The summed E-state index contributed by atoms with van der Waals surface area (Å²) in [5.41, 5.74) is 1.65. The molecule has 1 fully saturated rings. The minimum atomic E-state index is -0.655. The second-order valence-corrected chi connectivity index (χ2v) is 5.68. The lowest BCUT2D eigenvalue weighted by atomic mass is 9.80. The van der Waals surface area contributed by atoms with Crippen LogP contribution in [0.2, 0.25) is 0 Å². The van der Waals surface area contributed by atoms with Crippen LogP contribution in [0.3, 0.4) is 0 Å². The summed E-state index contributed by atoms with van der Waals surface area (Å²) in [7, 11) is 0. The highest BCUT2D eigenvalue weighted by Crippen LogP contribution is 2.31. The number of carbonyl (C=O) groups excluding carboxylic acids is 1. The first-order valence-electron chi connectivity index (χ1n) is 6.97. The number of amides is 1. The molecule has 1 amide bonds. The van der Waals surface area contributed by atoms with Gasteiger partial charge >= 0.3 is 0 Å². The number of fused-ring (bicyclic) bond motifs is 1. The van der Waals surface area contributed by atoms with E-state index in [1.807, 2.05) is 18.2 Å². The van der Waals surface area contributed by atoms with E-state index in [2.05, 4.69) is 16.7 Å². The van der Waals surface area contributed by atoms with E-state index in [0.29, 0.717) is 13.1 Å². The Labute approximate surface area is 113 Å². The number of benzene rings is 1. The molecule has 0 bridgehead atoms. The van der Waals surface area contributed by atoms with Gasteiger partial charge in [0.25, 0.3) is 0 Å². The first-order chi connectivity index (χ1) is 9.18. The average Bonchev–Trinajstić information content (AvgIpc) is 2.42. The molecule has 4 heteroatoms. The molecule has 1 saturated carbocycles. The highest BCUT2D eigenvalue weighted by Gasteiger charge is 2.35. The van der Waals surface area contributed by atoms with Crippen molar-refractivity contribution in [1.29, 1.82) is 0 Å². The van der Waals surface area contributed by atoms with Crippen LogP contribution in [0, 0.1) is 0 Å². The standard InChI is InChI=1S/C15H20N2O2/c18-14(17-10-15(19)6-3-7-15)13-9-16-8-11-4-1-2-5-12(11)13/h1-2,4-5,13,16,19H,3,6-10H2,(H,17,18). The number of hydrogen-bond acceptors (Lipinski definition) is 3. The third-order valence-corrected chi connectivity index (χ3v) is 4.29. The predicted molar refractivity (Wildman–Crippen MR) is 72.7 cm³/mol. The van der Waals surface area contributed by atoms with Gasteiger partial charge in [0.2, 0.25) is 5.91 Å². The summed E-state index contributed by atoms with van der Waals surface area (Å²) in [5, 5.41) is 16.2. The molecule has 1 aliphatic carbocycles. The second-order valence-electron chi connectivity index (χ2n) is 5.68. The van der Waals surface area contributed by atoms with E-state index in [1.165, 1.54) is 5.56 Å². The van der Waals surface area contributed by atoms with E-state index >= 15 is 0 Å². The Morgan fingerprint density at radius 3 is 2.95 bits per heavy atom. The molecule has 102 valence electrons. The van der Waals surface area contributed by atoms with Crippen LogP contribution in [-0.4, -0.2) is 29.7 Å². The molecule has 3 N–H and O–H groups in total. The fraction of sp³-hybridized carbons (Fsp3) is 0.533. The van der Waals surface area contributed by atoms with Gasteiger partial charge in [-0.25, -0.2) is 0 Å². The molecule has 1 aliphatic heterocycles. The van der Waals surface area contributed by atoms with Crippen LogP contribution in [0.25, 0.3) is 0 Å². The molecule has 1 atom stereocenters. The van der Waals surface area contributed by atoms with Crippen LogP contribution in [0.15, 0.2) is 24.3 Å². The quantitative estimate of drug-likeness (QED) is 0.757. The van der Waals surface area contributed by atoms with Gasteiger partial charge in [0, 0.05) is 19.6 Å².